The molecule has 0 aliphatic carbocycles. The van der Waals surface area contributed by atoms with E-state index in [9.17, 15) is 4.79 Å². The van der Waals surface area contributed by atoms with Gasteiger partial charge in [0.1, 0.15) is 0 Å². The zero-order chi connectivity index (χ0) is 17.8. The molecule has 0 saturated carbocycles. The van der Waals surface area contributed by atoms with Crippen LogP contribution < -0.4 is 0 Å². The Labute approximate surface area is 159 Å². The van der Waals surface area contributed by atoms with E-state index >= 15 is 0 Å². The summed E-state index contributed by atoms with van der Waals surface area (Å²) in [4.78, 5) is 14.8. The summed E-state index contributed by atoms with van der Waals surface area (Å²) in [5.74, 6) is 1.78. The van der Waals surface area contributed by atoms with E-state index in [0.29, 0.717) is 30.7 Å². The first-order chi connectivity index (χ1) is 12.0. The molecule has 1 fully saturated rings. The summed E-state index contributed by atoms with van der Waals surface area (Å²) in [5.41, 5.74) is 2.50. The zero-order valence-electron chi connectivity index (χ0n) is 15.0. The summed E-state index contributed by atoms with van der Waals surface area (Å²) in [6.45, 7) is 6.12. The molecule has 2 atom stereocenters. The normalized spacial score (nSPS) is 21.0. The molecule has 2 aromatic carbocycles. The Kier molecular flexibility index (Phi) is 5.95. The molecular formula is C22H26BrNO. The Hall–Kier alpha value is -1.61. The van der Waals surface area contributed by atoms with Crippen molar-refractivity contribution in [3.05, 3.63) is 70.2 Å². The lowest BCUT2D eigenvalue weighted by atomic mass is 9.76. The van der Waals surface area contributed by atoms with Gasteiger partial charge in [0.2, 0.25) is 5.91 Å². The number of nitrogens with zero attached hydrogens (tertiary/aromatic N) is 1. The largest absolute Gasteiger partial charge is 0.338 e. The molecule has 0 spiro atoms. The second kappa shape index (κ2) is 8.18. The summed E-state index contributed by atoms with van der Waals surface area (Å²) in [7, 11) is 0. The number of hydrogen-bond acceptors (Lipinski definition) is 1. The van der Waals surface area contributed by atoms with Crippen LogP contribution in [0.3, 0.4) is 0 Å². The summed E-state index contributed by atoms with van der Waals surface area (Å²) in [5, 5.41) is 0. The van der Waals surface area contributed by atoms with Crippen molar-refractivity contribution in [1.82, 2.24) is 4.90 Å². The predicted molar refractivity (Wildman–Crippen MR) is 106 cm³/mol. The minimum Gasteiger partial charge on any atom is -0.338 e. The fraction of sp³-hybridized carbons (Fsp3) is 0.409. The van der Waals surface area contributed by atoms with E-state index in [1.807, 2.05) is 18.2 Å². The van der Waals surface area contributed by atoms with Crippen LogP contribution in [0.1, 0.15) is 43.7 Å². The van der Waals surface area contributed by atoms with Crippen LogP contribution in [-0.4, -0.2) is 17.4 Å². The second-order valence-electron chi connectivity index (χ2n) is 7.51. The molecule has 2 nitrogen and oxygen atoms in total. The highest BCUT2D eigenvalue weighted by Gasteiger charge is 2.35. The van der Waals surface area contributed by atoms with Gasteiger partial charge in [-0.15, -0.1) is 0 Å². The van der Waals surface area contributed by atoms with Crippen molar-refractivity contribution in [3.63, 3.8) is 0 Å². The predicted octanol–water partition coefficient (Wildman–Crippen LogP) is 5.63. The molecule has 1 aliphatic heterocycles. The highest BCUT2D eigenvalue weighted by molar-refractivity contribution is 9.10. The number of rotatable bonds is 5. The molecule has 3 heteroatoms. The lowest BCUT2D eigenvalue weighted by Gasteiger charge is -2.39. The lowest BCUT2D eigenvalue weighted by Crippen LogP contribution is -2.43. The Morgan fingerprint density at radius 1 is 1.08 bits per heavy atom. The van der Waals surface area contributed by atoms with Gasteiger partial charge in [0.25, 0.3) is 0 Å². The van der Waals surface area contributed by atoms with Crippen molar-refractivity contribution < 1.29 is 4.79 Å². The maximum absolute atomic E-state index is 12.8. The first kappa shape index (κ1) is 18.2. The van der Waals surface area contributed by atoms with Crippen LogP contribution in [-0.2, 0) is 11.3 Å². The van der Waals surface area contributed by atoms with E-state index in [1.54, 1.807) is 0 Å². The minimum atomic E-state index is 0.275. The van der Waals surface area contributed by atoms with E-state index in [2.05, 4.69) is 71.1 Å². The summed E-state index contributed by atoms with van der Waals surface area (Å²) < 4.78 is 1.07. The number of carbonyl (C=O) groups excluding carboxylic acids is 1. The first-order valence-electron chi connectivity index (χ1n) is 9.10. The van der Waals surface area contributed by atoms with Crippen LogP contribution in [0.5, 0.6) is 0 Å². The number of benzene rings is 2. The maximum atomic E-state index is 12.8. The molecule has 2 unspecified atom stereocenters. The molecule has 25 heavy (non-hydrogen) atoms. The molecule has 0 N–H and O–H groups in total. The van der Waals surface area contributed by atoms with Crippen LogP contribution in [0.25, 0.3) is 0 Å². The van der Waals surface area contributed by atoms with Gasteiger partial charge in [-0.3, -0.25) is 4.79 Å². The molecule has 1 saturated heterocycles. The van der Waals surface area contributed by atoms with Gasteiger partial charge in [0.15, 0.2) is 0 Å². The second-order valence-corrected chi connectivity index (χ2v) is 8.43. The van der Waals surface area contributed by atoms with Crippen molar-refractivity contribution >= 4 is 21.8 Å². The monoisotopic (exact) mass is 399 g/mol. The first-order valence-corrected chi connectivity index (χ1v) is 9.89. The number of amides is 1. The Morgan fingerprint density at radius 3 is 2.40 bits per heavy atom. The summed E-state index contributed by atoms with van der Waals surface area (Å²) in [6, 6.07) is 18.8. The highest BCUT2D eigenvalue weighted by atomic mass is 79.9. The number of piperidine rings is 1. The van der Waals surface area contributed by atoms with Crippen molar-refractivity contribution in [3.8, 4) is 0 Å². The molecular weight excluding hydrogens is 374 g/mol. The van der Waals surface area contributed by atoms with E-state index < -0.39 is 0 Å². The lowest BCUT2D eigenvalue weighted by molar-refractivity contribution is -0.136. The molecule has 1 amide bonds. The van der Waals surface area contributed by atoms with Gasteiger partial charge < -0.3 is 4.90 Å². The average molecular weight is 400 g/mol. The molecule has 1 aliphatic rings. The van der Waals surface area contributed by atoms with Gasteiger partial charge in [-0.2, -0.15) is 0 Å². The van der Waals surface area contributed by atoms with Gasteiger partial charge in [-0.1, -0.05) is 72.2 Å². The molecule has 2 aromatic rings. The van der Waals surface area contributed by atoms with Crippen molar-refractivity contribution in [2.45, 2.75) is 39.2 Å². The van der Waals surface area contributed by atoms with E-state index in [0.717, 1.165) is 17.4 Å². The van der Waals surface area contributed by atoms with Crippen molar-refractivity contribution in [1.29, 1.82) is 0 Å². The van der Waals surface area contributed by atoms with Crippen LogP contribution >= 0.6 is 15.9 Å². The van der Waals surface area contributed by atoms with Crippen molar-refractivity contribution in [2.24, 2.45) is 11.8 Å². The van der Waals surface area contributed by atoms with Gasteiger partial charge in [-0.05, 0) is 47.4 Å². The maximum Gasteiger partial charge on any atom is 0.223 e. The van der Waals surface area contributed by atoms with Crippen LogP contribution in [0, 0.1) is 11.8 Å². The van der Waals surface area contributed by atoms with Crippen LogP contribution in [0.4, 0.5) is 0 Å². The number of carbonyl (C=O) groups is 1. The SMILES string of the molecule is CC(C)CC1CN(Cc2ccc(Br)cc2)C(=O)CC1c1ccccc1. The van der Waals surface area contributed by atoms with Crippen LogP contribution in [0.2, 0.25) is 0 Å². The van der Waals surface area contributed by atoms with Crippen LogP contribution in [0.15, 0.2) is 59.1 Å². The average Bonchev–Trinajstić information content (AvgIpc) is 2.60. The zero-order valence-corrected chi connectivity index (χ0v) is 16.6. The van der Waals surface area contributed by atoms with Gasteiger partial charge in [-0.25, -0.2) is 0 Å². The number of halogens is 1. The van der Waals surface area contributed by atoms with Gasteiger partial charge >= 0.3 is 0 Å². The fourth-order valence-electron chi connectivity index (χ4n) is 3.89. The molecule has 0 aromatic heterocycles. The Morgan fingerprint density at radius 2 is 1.76 bits per heavy atom. The molecule has 0 radical (unpaired) electrons. The van der Waals surface area contributed by atoms with Gasteiger partial charge in [0, 0.05) is 24.0 Å². The molecule has 1 heterocycles. The number of likely N-dealkylation sites (tertiary alicyclic amines) is 1. The molecule has 132 valence electrons. The molecule has 3 rings (SSSR count). The molecule has 0 bridgehead atoms. The fourth-order valence-corrected chi connectivity index (χ4v) is 4.16. The summed E-state index contributed by atoms with van der Waals surface area (Å²) in [6.07, 6.45) is 1.78. The van der Waals surface area contributed by atoms with E-state index in [-0.39, 0.29) is 5.91 Å². The third-order valence-electron chi connectivity index (χ3n) is 5.06. The number of hydrogen-bond donors (Lipinski definition) is 0. The summed E-state index contributed by atoms with van der Waals surface area (Å²) >= 11 is 3.47. The van der Waals surface area contributed by atoms with Gasteiger partial charge in [0.05, 0.1) is 0 Å². The van der Waals surface area contributed by atoms with E-state index in [1.165, 1.54) is 11.1 Å². The minimum absolute atomic E-state index is 0.275. The quantitative estimate of drug-likeness (QED) is 0.637. The topological polar surface area (TPSA) is 20.3 Å². The third-order valence-corrected chi connectivity index (χ3v) is 5.59. The standard InChI is InChI=1S/C22H26BrNO/c1-16(2)12-19-15-24(14-17-8-10-20(23)11-9-17)22(25)13-21(19)18-6-4-3-5-7-18/h3-11,16,19,21H,12-15H2,1-2H3. The Balaban J connectivity index is 1.77. The Bertz CT molecular complexity index is 696. The highest BCUT2D eigenvalue weighted by Crippen LogP contribution is 2.37. The third kappa shape index (κ3) is 4.72. The van der Waals surface area contributed by atoms with E-state index in [4.69, 9.17) is 0 Å². The van der Waals surface area contributed by atoms with Crippen molar-refractivity contribution in [2.75, 3.05) is 6.54 Å². The smallest absolute Gasteiger partial charge is 0.223 e.